The molecule has 2 N–H and O–H groups in total. The van der Waals surface area contributed by atoms with Crippen LogP contribution in [0.15, 0.2) is 16.5 Å². The maximum absolute atomic E-state index is 12.5. The van der Waals surface area contributed by atoms with E-state index in [1.165, 1.54) is 16.3 Å². The molecule has 3 aromatic heterocycles. The molecular weight excluding hydrogens is 342 g/mol. The van der Waals surface area contributed by atoms with Crippen molar-refractivity contribution in [2.24, 2.45) is 0 Å². The largest absolute Gasteiger partial charge is 0.477 e. The number of hydrogen-bond donors (Lipinski definition) is 2. The van der Waals surface area contributed by atoms with Gasteiger partial charge in [0.25, 0.3) is 5.56 Å². The van der Waals surface area contributed by atoms with E-state index in [4.69, 9.17) is 10.2 Å². The zero-order chi connectivity index (χ0) is 16.7. The Morgan fingerprint density at radius 1 is 1.30 bits per heavy atom. The van der Waals surface area contributed by atoms with E-state index in [1.54, 1.807) is 6.92 Å². The summed E-state index contributed by atoms with van der Waals surface area (Å²) in [6, 6.07) is 0. The molecule has 0 saturated heterocycles. The number of rotatable bonds is 4. The van der Waals surface area contributed by atoms with E-state index in [-0.39, 0.29) is 28.1 Å². The average molecular weight is 351 g/mol. The molecule has 0 fully saturated rings. The smallest absolute Gasteiger partial charge is 0.355 e. The van der Waals surface area contributed by atoms with Gasteiger partial charge in [-0.25, -0.2) is 19.6 Å². The third-order valence-corrected chi connectivity index (χ3v) is 5.21. The molecule has 10 heteroatoms. The van der Waals surface area contributed by atoms with Gasteiger partial charge in [-0.05, 0) is 12.5 Å². The van der Waals surface area contributed by atoms with Crippen LogP contribution in [0, 0.1) is 6.92 Å². The Kier molecular flexibility index (Phi) is 3.70. The third kappa shape index (κ3) is 2.62. The molecule has 0 aliphatic carbocycles. The number of thiophene rings is 1. The molecule has 0 aliphatic rings. The Hall–Kier alpha value is -2.59. The highest BCUT2D eigenvalue weighted by atomic mass is 32.1. The topological polar surface area (TPSA) is 122 Å². The van der Waals surface area contributed by atoms with Crippen molar-refractivity contribution < 1.29 is 19.8 Å². The number of thiazole rings is 1. The summed E-state index contributed by atoms with van der Waals surface area (Å²) < 4.78 is 1.29. The SMILES string of the molecule is Cc1c(C(=O)O)sc2ncn(Cc3nc(C(=O)O)cs3)c(=O)c12. The minimum atomic E-state index is -1.13. The van der Waals surface area contributed by atoms with E-state index in [9.17, 15) is 14.4 Å². The van der Waals surface area contributed by atoms with Gasteiger partial charge in [0, 0.05) is 5.38 Å². The fraction of sp³-hybridized carbons (Fsp3) is 0.154. The minimum Gasteiger partial charge on any atom is -0.477 e. The van der Waals surface area contributed by atoms with E-state index in [1.807, 2.05) is 0 Å². The van der Waals surface area contributed by atoms with Crippen LogP contribution in [0.3, 0.4) is 0 Å². The lowest BCUT2D eigenvalue weighted by atomic mass is 10.2. The van der Waals surface area contributed by atoms with Crippen molar-refractivity contribution in [3.05, 3.63) is 43.2 Å². The molecule has 118 valence electrons. The highest BCUT2D eigenvalue weighted by Crippen LogP contribution is 2.26. The van der Waals surface area contributed by atoms with Crippen molar-refractivity contribution in [1.82, 2.24) is 14.5 Å². The van der Waals surface area contributed by atoms with Crippen LogP contribution < -0.4 is 5.56 Å². The Bertz CT molecular complexity index is 1000. The summed E-state index contributed by atoms with van der Waals surface area (Å²) >= 11 is 2.08. The normalized spacial score (nSPS) is 11.0. The fourth-order valence-corrected chi connectivity index (χ4v) is 3.85. The van der Waals surface area contributed by atoms with Crippen LogP contribution in [0.2, 0.25) is 0 Å². The van der Waals surface area contributed by atoms with Crippen LogP contribution in [0.1, 0.15) is 30.7 Å². The van der Waals surface area contributed by atoms with E-state index < -0.39 is 11.9 Å². The molecule has 0 aromatic carbocycles. The van der Waals surface area contributed by atoms with Crippen molar-refractivity contribution in [3.63, 3.8) is 0 Å². The van der Waals surface area contributed by atoms with E-state index >= 15 is 0 Å². The quantitative estimate of drug-likeness (QED) is 0.733. The Balaban J connectivity index is 2.06. The number of nitrogens with zero attached hydrogens (tertiary/aromatic N) is 3. The van der Waals surface area contributed by atoms with E-state index in [2.05, 4.69) is 9.97 Å². The summed E-state index contributed by atoms with van der Waals surface area (Å²) in [6.45, 7) is 1.65. The van der Waals surface area contributed by atoms with Crippen molar-refractivity contribution in [2.75, 3.05) is 0 Å². The van der Waals surface area contributed by atoms with Crippen LogP contribution in [0.4, 0.5) is 0 Å². The van der Waals surface area contributed by atoms with E-state index in [0.29, 0.717) is 15.4 Å². The minimum absolute atomic E-state index is 0.0769. The van der Waals surface area contributed by atoms with Gasteiger partial charge in [0.2, 0.25) is 0 Å². The predicted molar refractivity (Wildman–Crippen MR) is 83.8 cm³/mol. The summed E-state index contributed by atoms with van der Waals surface area (Å²) in [5.41, 5.74) is -0.0648. The molecule has 0 spiro atoms. The van der Waals surface area contributed by atoms with Gasteiger partial charge in [-0.1, -0.05) is 0 Å². The highest BCUT2D eigenvalue weighted by molar-refractivity contribution is 7.20. The van der Waals surface area contributed by atoms with Crippen molar-refractivity contribution in [1.29, 1.82) is 0 Å². The van der Waals surface area contributed by atoms with Crippen LogP contribution in [-0.2, 0) is 6.54 Å². The lowest BCUT2D eigenvalue weighted by Gasteiger charge is -2.02. The monoisotopic (exact) mass is 351 g/mol. The molecular formula is C13H9N3O5S2. The Morgan fingerprint density at radius 2 is 2.04 bits per heavy atom. The molecule has 0 unspecified atom stereocenters. The first kappa shape index (κ1) is 15.3. The van der Waals surface area contributed by atoms with Gasteiger partial charge >= 0.3 is 11.9 Å². The third-order valence-electron chi connectivity index (χ3n) is 3.19. The summed E-state index contributed by atoms with van der Waals surface area (Å²) in [6.07, 6.45) is 1.31. The van der Waals surface area contributed by atoms with Crippen molar-refractivity contribution in [3.8, 4) is 0 Å². The first-order chi connectivity index (χ1) is 10.9. The second-order valence-electron chi connectivity index (χ2n) is 4.65. The summed E-state index contributed by atoms with van der Waals surface area (Å²) in [5, 5.41) is 20.1. The molecule has 8 nitrogen and oxygen atoms in total. The summed E-state index contributed by atoms with van der Waals surface area (Å²) in [4.78, 5) is 43.0. The van der Waals surface area contributed by atoms with Crippen LogP contribution in [-0.4, -0.2) is 36.7 Å². The second-order valence-corrected chi connectivity index (χ2v) is 6.59. The summed E-state index contributed by atoms with van der Waals surface area (Å²) in [7, 11) is 0. The van der Waals surface area contributed by atoms with Gasteiger partial charge in [0.05, 0.1) is 18.3 Å². The highest BCUT2D eigenvalue weighted by Gasteiger charge is 2.19. The predicted octanol–water partition coefficient (Wildman–Crippen LogP) is 1.67. The maximum atomic E-state index is 12.5. The second kappa shape index (κ2) is 5.56. The number of aromatic nitrogens is 3. The molecule has 0 bridgehead atoms. The molecule has 3 aromatic rings. The van der Waals surface area contributed by atoms with Crippen LogP contribution in [0.5, 0.6) is 0 Å². The molecule has 0 aliphatic heterocycles. The Morgan fingerprint density at radius 3 is 2.65 bits per heavy atom. The fourth-order valence-electron chi connectivity index (χ4n) is 2.10. The van der Waals surface area contributed by atoms with Gasteiger partial charge in [0.15, 0.2) is 5.69 Å². The number of carboxylic acid groups (broad SMARTS) is 2. The van der Waals surface area contributed by atoms with Crippen molar-refractivity contribution in [2.45, 2.75) is 13.5 Å². The van der Waals surface area contributed by atoms with Gasteiger partial charge in [0.1, 0.15) is 14.7 Å². The summed E-state index contributed by atoms with van der Waals surface area (Å²) in [5.74, 6) is -2.23. The number of fused-ring (bicyclic) bond motifs is 1. The lowest BCUT2D eigenvalue weighted by molar-refractivity contribution is 0.0684. The number of aryl methyl sites for hydroxylation is 1. The molecule has 0 atom stereocenters. The standard InChI is InChI=1S/C13H9N3O5S2/c1-5-8-10(23-9(5)13(20)21)14-4-16(11(8)17)2-7-15-6(3-22-7)12(18)19/h3-4H,2H2,1H3,(H,18,19)(H,20,21). The van der Waals surface area contributed by atoms with Crippen molar-refractivity contribution >= 4 is 44.8 Å². The number of carboxylic acids is 2. The maximum Gasteiger partial charge on any atom is 0.355 e. The zero-order valence-electron chi connectivity index (χ0n) is 11.6. The van der Waals surface area contributed by atoms with Gasteiger partial charge in [-0.15, -0.1) is 22.7 Å². The Labute approximate surface area is 136 Å². The molecule has 3 rings (SSSR count). The van der Waals surface area contributed by atoms with Crippen LogP contribution in [0.25, 0.3) is 10.2 Å². The van der Waals surface area contributed by atoms with Gasteiger partial charge in [-0.2, -0.15) is 0 Å². The zero-order valence-corrected chi connectivity index (χ0v) is 13.3. The van der Waals surface area contributed by atoms with Gasteiger partial charge in [-0.3, -0.25) is 9.36 Å². The number of hydrogen-bond acceptors (Lipinski definition) is 7. The molecule has 23 heavy (non-hydrogen) atoms. The van der Waals surface area contributed by atoms with Crippen LogP contribution >= 0.6 is 22.7 Å². The molecule has 3 heterocycles. The molecule has 0 radical (unpaired) electrons. The van der Waals surface area contributed by atoms with Gasteiger partial charge < -0.3 is 10.2 Å². The molecule has 0 saturated carbocycles. The first-order valence-electron chi connectivity index (χ1n) is 6.28. The number of aromatic carboxylic acids is 2. The average Bonchev–Trinajstić information content (AvgIpc) is 3.07. The first-order valence-corrected chi connectivity index (χ1v) is 7.97. The van der Waals surface area contributed by atoms with E-state index in [0.717, 1.165) is 22.7 Å². The number of carbonyl (C=O) groups is 2. The lowest BCUT2D eigenvalue weighted by Crippen LogP contribution is -2.21. The molecule has 0 amide bonds.